The molecule has 1 aliphatic rings. The summed E-state index contributed by atoms with van der Waals surface area (Å²) in [6, 6.07) is 25.9. The Morgan fingerprint density at radius 3 is 2.42 bits per heavy atom. The van der Waals surface area contributed by atoms with E-state index in [9.17, 15) is 4.79 Å². The van der Waals surface area contributed by atoms with Crippen molar-refractivity contribution in [3.63, 3.8) is 0 Å². The van der Waals surface area contributed by atoms with Crippen molar-refractivity contribution in [1.82, 2.24) is 5.32 Å². The van der Waals surface area contributed by atoms with E-state index in [2.05, 4.69) is 36.5 Å². The molecule has 0 spiro atoms. The van der Waals surface area contributed by atoms with Gasteiger partial charge in [0.1, 0.15) is 0 Å². The highest BCUT2D eigenvalue weighted by molar-refractivity contribution is 6.02. The van der Waals surface area contributed by atoms with Crippen LogP contribution in [0.1, 0.15) is 22.7 Å². The molecular weight excluding hydrogens is 296 g/mol. The Hall–Kier alpha value is -3.07. The van der Waals surface area contributed by atoms with Gasteiger partial charge in [0, 0.05) is 5.56 Å². The normalized spacial score (nSPS) is 16.5. The number of aryl methyl sites for hydroxylation is 1. The van der Waals surface area contributed by atoms with Crippen LogP contribution in [-0.4, -0.2) is 6.03 Å². The first kappa shape index (κ1) is 14.5. The van der Waals surface area contributed by atoms with Crippen molar-refractivity contribution in [1.29, 1.82) is 0 Å². The Balaban J connectivity index is 1.85. The number of hydrogen-bond acceptors (Lipinski definition) is 1. The van der Waals surface area contributed by atoms with Crippen LogP contribution in [0.25, 0.3) is 0 Å². The molecule has 118 valence electrons. The van der Waals surface area contributed by atoms with E-state index in [1.165, 1.54) is 5.56 Å². The van der Waals surface area contributed by atoms with Gasteiger partial charge in [-0.25, -0.2) is 4.79 Å². The topological polar surface area (TPSA) is 32.3 Å². The summed E-state index contributed by atoms with van der Waals surface area (Å²) >= 11 is 0. The lowest BCUT2D eigenvalue weighted by Gasteiger charge is -2.35. The second-order valence-corrected chi connectivity index (χ2v) is 6.03. The first-order chi connectivity index (χ1) is 11.7. The molecule has 2 amide bonds. The summed E-state index contributed by atoms with van der Waals surface area (Å²) in [6.07, 6.45) is 0. The van der Waals surface area contributed by atoms with Gasteiger partial charge >= 0.3 is 6.03 Å². The third-order valence-electron chi connectivity index (χ3n) is 4.35. The van der Waals surface area contributed by atoms with Crippen molar-refractivity contribution in [2.24, 2.45) is 0 Å². The molecule has 1 atom stereocenters. The van der Waals surface area contributed by atoms with Crippen molar-refractivity contribution in [2.45, 2.75) is 13.0 Å². The standard InChI is InChI=1S/C21H18N2O/c1-15-8-7-9-16(14-15)20-18-12-5-6-13-19(18)23(21(24)22-20)17-10-3-2-4-11-17/h2-14,20H,1H3,(H,22,24). The van der Waals surface area contributed by atoms with E-state index in [0.29, 0.717) is 0 Å². The number of nitrogens with zero attached hydrogens (tertiary/aromatic N) is 1. The lowest BCUT2D eigenvalue weighted by atomic mass is 9.94. The minimum Gasteiger partial charge on any atom is -0.326 e. The molecule has 4 rings (SSSR count). The predicted octanol–water partition coefficient (Wildman–Crippen LogP) is 4.95. The zero-order valence-corrected chi connectivity index (χ0v) is 13.4. The number of benzene rings is 3. The average molecular weight is 314 g/mol. The summed E-state index contributed by atoms with van der Waals surface area (Å²) in [5.74, 6) is 0. The van der Waals surface area contributed by atoms with Gasteiger partial charge in [-0.2, -0.15) is 0 Å². The van der Waals surface area contributed by atoms with Crippen LogP contribution in [0.15, 0.2) is 78.9 Å². The highest BCUT2D eigenvalue weighted by Gasteiger charge is 2.32. The molecule has 0 saturated carbocycles. The van der Waals surface area contributed by atoms with Gasteiger partial charge in [-0.3, -0.25) is 4.90 Å². The maximum Gasteiger partial charge on any atom is 0.327 e. The number of amides is 2. The largest absolute Gasteiger partial charge is 0.327 e. The van der Waals surface area contributed by atoms with E-state index in [4.69, 9.17) is 0 Å². The zero-order valence-electron chi connectivity index (χ0n) is 13.4. The number of carbonyl (C=O) groups excluding carboxylic acids is 1. The van der Waals surface area contributed by atoms with Gasteiger partial charge in [0.05, 0.1) is 17.4 Å². The van der Waals surface area contributed by atoms with Crippen LogP contribution in [0, 0.1) is 6.92 Å². The van der Waals surface area contributed by atoms with E-state index < -0.39 is 0 Å². The summed E-state index contributed by atoms with van der Waals surface area (Å²) in [4.78, 5) is 14.6. The van der Waals surface area contributed by atoms with Crippen LogP contribution in [0.4, 0.5) is 16.2 Å². The monoisotopic (exact) mass is 314 g/mol. The van der Waals surface area contributed by atoms with Crippen LogP contribution < -0.4 is 10.2 Å². The molecule has 0 aromatic heterocycles. The quantitative estimate of drug-likeness (QED) is 0.713. The third-order valence-corrected chi connectivity index (χ3v) is 4.35. The van der Waals surface area contributed by atoms with Gasteiger partial charge in [-0.05, 0) is 30.7 Å². The molecule has 3 heteroatoms. The number of hydrogen-bond donors (Lipinski definition) is 1. The molecule has 0 saturated heterocycles. The fourth-order valence-electron chi connectivity index (χ4n) is 3.26. The number of nitrogens with one attached hydrogen (secondary N) is 1. The first-order valence-electron chi connectivity index (χ1n) is 8.05. The van der Waals surface area contributed by atoms with E-state index in [1.54, 1.807) is 4.90 Å². The summed E-state index contributed by atoms with van der Waals surface area (Å²) in [5.41, 5.74) is 5.18. The van der Waals surface area contributed by atoms with Crippen molar-refractivity contribution >= 4 is 17.4 Å². The van der Waals surface area contributed by atoms with Gasteiger partial charge in [-0.1, -0.05) is 66.2 Å². The fourth-order valence-corrected chi connectivity index (χ4v) is 3.26. The van der Waals surface area contributed by atoms with Crippen LogP contribution >= 0.6 is 0 Å². The highest BCUT2D eigenvalue weighted by Crippen LogP contribution is 2.38. The lowest BCUT2D eigenvalue weighted by molar-refractivity contribution is 0.245. The number of anilines is 2. The highest BCUT2D eigenvalue weighted by atomic mass is 16.2. The molecular formula is C21H18N2O. The fraction of sp³-hybridized carbons (Fsp3) is 0.0952. The molecule has 0 aliphatic carbocycles. The predicted molar refractivity (Wildman–Crippen MR) is 96.6 cm³/mol. The Morgan fingerprint density at radius 2 is 1.62 bits per heavy atom. The number of rotatable bonds is 2. The molecule has 0 radical (unpaired) electrons. The molecule has 1 N–H and O–H groups in total. The van der Waals surface area contributed by atoms with E-state index in [0.717, 1.165) is 22.5 Å². The van der Waals surface area contributed by atoms with Gasteiger partial charge < -0.3 is 5.32 Å². The van der Waals surface area contributed by atoms with Gasteiger partial charge in [0.25, 0.3) is 0 Å². The first-order valence-corrected chi connectivity index (χ1v) is 8.05. The molecule has 1 aliphatic heterocycles. The van der Waals surface area contributed by atoms with Crippen molar-refractivity contribution in [3.05, 3.63) is 95.6 Å². The molecule has 3 nitrogen and oxygen atoms in total. The summed E-state index contributed by atoms with van der Waals surface area (Å²) in [7, 11) is 0. The summed E-state index contributed by atoms with van der Waals surface area (Å²) in [5, 5.41) is 3.15. The second kappa shape index (κ2) is 5.85. The SMILES string of the molecule is Cc1cccc(C2NC(=O)N(c3ccccc3)c3ccccc32)c1. The molecule has 0 bridgehead atoms. The van der Waals surface area contributed by atoms with Crippen LogP contribution in [0.5, 0.6) is 0 Å². The second-order valence-electron chi connectivity index (χ2n) is 6.03. The van der Waals surface area contributed by atoms with Crippen molar-refractivity contribution in [2.75, 3.05) is 4.90 Å². The molecule has 24 heavy (non-hydrogen) atoms. The van der Waals surface area contributed by atoms with Gasteiger partial charge in [-0.15, -0.1) is 0 Å². The zero-order chi connectivity index (χ0) is 16.5. The minimum atomic E-state index is -0.131. The number of carbonyl (C=O) groups is 1. The Kier molecular flexibility index (Phi) is 3.54. The Labute approximate surface area is 141 Å². The molecule has 0 fully saturated rings. The maximum atomic E-state index is 12.8. The van der Waals surface area contributed by atoms with Crippen LogP contribution in [0.3, 0.4) is 0 Å². The number of para-hydroxylation sites is 2. The van der Waals surface area contributed by atoms with E-state index in [1.807, 2.05) is 54.6 Å². The molecule has 3 aromatic carbocycles. The number of fused-ring (bicyclic) bond motifs is 1. The molecule has 1 heterocycles. The lowest BCUT2D eigenvalue weighted by Crippen LogP contribution is -2.44. The van der Waals surface area contributed by atoms with Crippen LogP contribution in [-0.2, 0) is 0 Å². The summed E-state index contributed by atoms with van der Waals surface area (Å²) in [6.45, 7) is 2.07. The molecule has 1 unspecified atom stereocenters. The Morgan fingerprint density at radius 1 is 0.875 bits per heavy atom. The van der Waals surface area contributed by atoms with Gasteiger partial charge in [0.15, 0.2) is 0 Å². The van der Waals surface area contributed by atoms with Crippen molar-refractivity contribution < 1.29 is 4.79 Å². The van der Waals surface area contributed by atoms with Crippen molar-refractivity contribution in [3.8, 4) is 0 Å². The van der Waals surface area contributed by atoms with E-state index >= 15 is 0 Å². The Bertz CT molecular complexity index is 889. The smallest absolute Gasteiger partial charge is 0.326 e. The van der Waals surface area contributed by atoms with Gasteiger partial charge in [0.2, 0.25) is 0 Å². The van der Waals surface area contributed by atoms with Crippen LogP contribution in [0.2, 0.25) is 0 Å². The number of urea groups is 1. The summed E-state index contributed by atoms with van der Waals surface area (Å²) < 4.78 is 0. The van der Waals surface area contributed by atoms with E-state index in [-0.39, 0.29) is 12.1 Å². The average Bonchev–Trinajstić information content (AvgIpc) is 2.62. The molecule has 3 aromatic rings. The minimum absolute atomic E-state index is 0.105. The maximum absolute atomic E-state index is 12.8. The third kappa shape index (κ3) is 2.44.